The van der Waals surface area contributed by atoms with Crippen molar-refractivity contribution in [2.24, 2.45) is 5.73 Å². The summed E-state index contributed by atoms with van der Waals surface area (Å²) in [6, 6.07) is 8.95. The first-order chi connectivity index (χ1) is 7.53. The minimum absolute atomic E-state index is 0.347. The van der Waals surface area contributed by atoms with Crippen molar-refractivity contribution in [3.8, 4) is 5.75 Å². The van der Waals surface area contributed by atoms with Crippen molar-refractivity contribution in [2.75, 3.05) is 6.54 Å². The number of hydrogen-bond donors (Lipinski definition) is 2. The van der Waals surface area contributed by atoms with Gasteiger partial charge in [-0.15, -0.1) is 0 Å². The fourth-order valence-electron chi connectivity index (χ4n) is 1.32. The number of carbonyl (C=O) groups excluding carboxylic acids is 1. The van der Waals surface area contributed by atoms with E-state index in [0.29, 0.717) is 18.7 Å². The van der Waals surface area contributed by atoms with Crippen LogP contribution in [0, 0.1) is 0 Å². The van der Waals surface area contributed by atoms with E-state index in [4.69, 9.17) is 10.5 Å². The van der Waals surface area contributed by atoms with Gasteiger partial charge in [0.25, 0.3) is 0 Å². The second-order valence-corrected chi connectivity index (χ2v) is 4.25. The number of benzene rings is 1. The van der Waals surface area contributed by atoms with Gasteiger partial charge in [-0.1, -0.05) is 18.2 Å². The molecule has 0 radical (unpaired) electrons. The summed E-state index contributed by atoms with van der Waals surface area (Å²) < 4.78 is 5.11. The number of para-hydroxylation sites is 1. The Balaban J connectivity index is 2.48. The molecule has 16 heavy (non-hydrogen) atoms. The lowest BCUT2D eigenvalue weighted by Gasteiger charge is -2.24. The zero-order valence-corrected chi connectivity index (χ0v) is 9.69. The van der Waals surface area contributed by atoms with Gasteiger partial charge in [-0.05, 0) is 38.9 Å². The van der Waals surface area contributed by atoms with Crippen molar-refractivity contribution < 1.29 is 9.53 Å². The molecule has 0 saturated heterocycles. The van der Waals surface area contributed by atoms with E-state index < -0.39 is 6.09 Å². The van der Waals surface area contributed by atoms with Crippen LogP contribution in [0.5, 0.6) is 5.75 Å². The monoisotopic (exact) mass is 222 g/mol. The molecule has 0 aliphatic carbocycles. The van der Waals surface area contributed by atoms with Gasteiger partial charge in [-0.3, -0.25) is 0 Å². The molecule has 0 heterocycles. The highest BCUT2D eigenvalue weighted by Gasteiger charge is 2.20. The molecule has 0 aliphatic rings. The van der Waals surface area contributed by atoms with Gasteiger partial charge in [0.15, 0.2) is 0 Å². The van der Waals surface area contributed by atoms with E-state index in [9.17, 15) is 4.79 Å². The molecule has 0 spiro atoms. The van der Waals surface area contributed by atoms with E-state index in [1.165, 1.54) is 0 Å². The van der Waals surface area contributed by atoms with E-state index in [2.05, 4.69) is 5.32 Å². The summed E-state index contributed by atoms with van der Waals surface area (Å²) in [6.07, 6.45) is 0.251. The van der Waals surface area contributed by atoms with Crippen molar-refractivity contribution in [1.29, 1.82) is 0 Å². The zero-order chi connectivity index (χ0) is 12.0. The van der Waals surface area contributed by atoms with Crippen LogP contribution in [0.4, 0.5) is 4.79 Å². The van der Waals surface area contributed by atoms with E-state index in [-0.39, 0.29) is 5.54 Å². The normalized spacial score (nSPS) is 10.9. The number of rotatable bonds is 4. The number of carbonyl (C=O) groups is 1. The molecule has 4 heteroatoms. The third kappa shape index (κ3) is 4.31. The predicted molar refractivity (Wildman–Crippen MR) is 63.4 cm³/mol. The molecular weight excluding hydrogens is 204 g/mol. The Bertz CT molecular complexity index is 336. The zero-order valence-electron chi connectivity index (χ0n) is 9.69. The molecule has 0 aromatic heterocycles. The highest BCUT2D eigenvalue weighted by atomic mass is 16.6. The van der Waals surface area contributed by atoms with Crippen LogP contribution >= 0.6 is 0 Å². The van der Waals surface area contributed by atoms with Crippen LogP contribution in [0.2, 0.25) is 0 Å². The minimum Gasteiger partial charge on any atom is -0.410 e. The Morgan fingerprint density at radius 2 is 2.00 bits per heavy atom. The highest BCUT2D eigenvalue weighted by molar-refractivity contribution is 5.71. The molecule has 0 aliphatic heterocycles. The second kappa shape index (κ2) is 5.51. The number of nitrogens with two attached hydrogens (primary N) is 1. The molecule has 1 amide bonds. The lowest BCUT2D eigenvalue weighted by molar-refractivity contribution is 0.187. The average Bonchev–Trinajstić information content (AvgIpc) is 2.17. The molecule has 0 fully saturated rings. The van der Waals surface area contributed by atoms with Crippen molar-refractivity contribution in [3.05, 3.63) is 30.3 Å². The summed E-state index contributed by atoms with van der Waals surface area (Å²) in [4.78, 5) is 11.5. The molecule has 1 aromatic rings. The van der Waals surface area contributed by atoms with Gasteiger partial charge in [-0.2, -0.15) is 0 Å². The maximum absolute atomic E-state index is 11.5. The van der Waals surface area contributed by atoms with Crippen LogP contribution in [0.1, 0.15) is 20.3 Å². The standard InChI is InChI=1S/C12H18N2O2/c1-12(2,8-9-13)14-11(15)16-10-6-4-3-5-7-10/h3-7H,8-9,13H2,1-2H3,(H,14,15). The first-order valence-corrected chi connectivity index (χ1v) is 5.28. The Kier molecular flexibility index (Phi) is 4.31. The van der Waals surface area contributed by atoms with Crippen molar-refractivity contribution in [1.82, 2.24) is 5.32 Å². The topological polar surface area (TPSA) is 64.3 Å². The first kappa shape index (κ1) is 12.5. The maximum Gasteiger partial charge on any atom is 0.413 e. The summed E-state index contributed by atoms with van der Waals surface area (Å²) >= 11 is 0. The summed E-state index contributed by atoms with van der Waals surface area (Å²) in [5, 5.41) is 2.76. The first-order valence-electron chi connectivity index (χ1n) is 5.28. The van der Waals surface area contributed by atoms with E-state index >= 15 is 0 Å². The largest absolute Gasteiger partial charge is 0.413 e. The molecular formula is C12H18N2O2. The summed E-state index contributed by atoms with van der Waals surface area (Å²) in [5.41, 5.74) is 5.10. The van der Waals surface area contributed by atoms with Crippen molar-refractivity contribution >= 4 is 6.09 Å². The van der Waals surface area contributed by atoms with Crippen LogP contribution in [-0.2, 0) is 0 Å². The SMILES string of the molecule is CC(C)(CCN)NC(=O)Oc1ccccc1. The van der Waals surface area contributed by atoms with Gasteiger partial charge in [0.1, 0.15) is 5.75 Å². The van der Waals surface area contributed by atoms with Crippen LogP contribution in [0.3, 0.4) is 0 Å². The Morgan fingerprint density at radius 3 is 2.56 bits per heavy atom. The third-order valence-electron chi connectivity index (χ3n) is 2.16. The van der Waals surface area contributed by atoms with Gasteiger partial charge in [-0.25, -0.2) is 4.79 Å². The molecule has 1 aromatic carbocycles. The lowest BCUT2D eigenvalue weighted by atomic mass is 10.0. The molecule has 0 unspecified atom stereocenters. The minimum atomic E-state index is -0.454. The van der Waals surface area contributed by atoms with Gasteiger partial charge in [0, 0.05) is 5.54 Å². The van der Waals surface area contributed by atoms with E-state index in [0.717, 1.165) is 0 Å². The number of ether oxygens (including phenoxy) is 1. The van der Waals surface area contributed by atoms with Crippen LogP contribution in [0.15, 0.2) is 30.3 Å². The molecule has 0 saturated carbocycles. The van der Waals surface area contributed by atoms with Crippen molar-refractivity contribution in [2.45, 2.75) is 25.8 Å². The predicted octanol–water partition coefficient (Wildman–Crippen LogP) is 1.90. The third-order valence-corrected chi connectivity index (χ3v) is 2.16. The van der Waals surface area contributed by atoms with E-state index in [1.54, 1.807) is 12.1 Å². The number of hydrogen-bond acceptors (Lipinski definition) is 3. The van der Waals surface area contributed by atoms with Gasteiger partial charge in [0.2, 0.25) is 0 Å². The van der Waals surface area contributed by atoms with E-state index in [1.807, 2.05) is 32.0 Å². The smallest absolute Gasteiger partial charge is 0.410 e. The van der Waals surface area contributed by atoms with Gasteiger partial charge in [0.05, 0.1) is 0 Å². The Labute approximate surface area is 95.8 Å². The maximum atomic E-state index is 11.5. The summed E-state index contributed by atoms with van der Waals surface area (Å²) in [6.45, 7) is 4.34. The fourth-order valence-corrected chi connectivity index (χ4v) is 1.32. The Morgan fingerprint density at radius 1 is 1.38 bits per heavy atom. The van der Waals surface area contributed by atoms with Gasteiger partial charge < -0.3 is 15.8 Å². The Hall–Kier alpha value is -1.55. The van der Waals surface area contributed by atoms with Crippen LogP contribution in [0.25, 0.3) is 0 Å². The highest BCUT2D eigenvalue weighted by Crippen LogP contribution is 2.11. The second-order valence-electron chi connectivity index (χ2n) is 4.25. The molecule has 4 nitrogen and oxygen atoms in total. The molecule has 0 bridgehead atoms. The van der Waals surface area contributed by atoms with Crippen LogP contribution < -0.4 is 15.8 Å². The molecule has 1 rings (SSSR count). The van der Waals surface area contributed by atoms with Crippen molar-refractivity contribution in [3.63, 3.8) is 0 Å². The molecule has 0 atom stereocenters. The average molecular weight is 222 g/mol. The van der Waals surface area contributed by atoms with Gasteiger partial charge >= 0.3 is 6.09 Å². The molecule has 88 valence electrons. The summed E-state index contributed by atoms with van der Waals surface area (Å²) in [7, 11) is 0. The quantitative estimate of drug-likeness (QED) is 0.817. The van der Waals surface area contributed by atoms with Crippen LogP contribution in [-0.4, -0.2) is 18.2 Å². The lowest BCUT2D eigenvalue weighted by Crippen LogP contribution is -2.46. The number of amides is 1. The number of nitrogens with one attached hydrogen (secondary N) is 1. The molecule has 3 N–H and O–H groups in total. The summed E-state index contributed by atoms with van der Waals surface area (Å²) in [5.74, 6) is 0.531. The fraction of sp³-hybridized carbons (Fsp3) is 0.417.